The van der Waals surface area contributed by atoms with Crippen LogP contribution in [0.1, 0.15) is 437 Å². The van der Waals surface area contributed by atoms with Gasteiger partial charge in [-0.05, 0) is 507 Å². The highest BCUT2D eigenvalue weighted by molar-refractivity contribution is 5.08. The standard InChI is InChI=1S/C15H29N.C14H27N.3C13H25N.4C12H23N.C9H19N/c1-12(2)14-5-6-15(11-14)7-9-16(10-8-15)13(3)4;1-11(2)13-9-14(10-13)5-7-15(8-6-14)12(3)4;1-9(2)11-5-12-7-14(10(3)4)8-13(12)6-11;1-10(2)12-7-13(8-12)5-6-14(9-13)11(3)4;1-9(2)13-7-12-6-5-11(13)8-14(12)10(3)4;1-9(2)11-5-12(6-11)7-13(8-12)10(3)4;1-8(2)12-6-11-5-10(12)7-13(11)9(3)4;1-8(2)12-10-5-11(12)7-13(6-10)9(3)4;1-8(2)10-5-11-7-12(6-10)13(11)9(3)4;1-7(2)9-5-10(6-9)8(3)4/h12-14H,5-11H2,1-4H3;11-13H,5-10H2,1-4H3;9-13H,5-8H2,1-4H3;10-12H,5-9H2,1-4H3;9-13H,5-8H2,1-4H3;9-11H,5-8H2,1-4H3;3*8-12H,5-7H2,1-4H3;7-9H,5-6H2,1-4H3. The van der Waals surface area contributed by atoms with Crippen LogP contribution in [0.4, 0.5) is 0 Å². The fraction of sp³-hybridized carbons (Fsp3) is 1.00. The Morgan fingerprint density at radius 2 is 0.526 bits per heavy atom. The van der Waals surface area contributed by atoms with Crippen molar-refractivity contribution in [2.45, 2.75) is 522 Å². The summed E-state index contributed by atoms with van der Waals surface area (Å²) in [5, 5.41) is 0. The third-order valence-electron chi connectivity index (χ3n) is 42.8. The molecule has 9 aliphatic carbocycles. The fourth-order valence-corrected chi connectivity index (χ4v) is 32.1. The predicted molar refractivity (Wildman–Crippen MR) is 592 cm³/mol. The molecule has 22 rings (SSSR count). The second kappa shape index (κ2) is 51.0. The molecule has 792 valence electrons. The van der Waals surface area contributed by atoms with Gasteiger partial charge in [0.15, 0.2) is 0 Å². The maximum Gasteiger partial charge on any atom is 0.0118 e. The first-order chi connectivity index (χ1) is 63.1. The second-order valence-corrected chi connectivity index (χ2v) is 58.3. The summed E-state index contributed by atoms with van der Waals surface area (Å²) >= 11 is 0. The van der Waals surface area contributed by atoms with Gasteiger partial charge in [-0.25, -0.2) is 0 Å². The van der Waals surface area contributed by atoms with E-state index in [-0.39, 0.29) is 0 Å². The van der Waals surface area contributed by atoms with Crippen LogP contribution in [0.3, 0.4) is 0 Å². The predicted octanol–water partition coefficient (Wildman–Crippen LogP) is 29.8. The van der Waals surface area contributed by atoms with Crippen molar-refractivity contribution < 1.29 is 0 Å². The maximum atomic E-state index is 2.74. The highest BCUT2D eigenvalue weighted by Gasteiger charge is 2.56. The molecule has 13 unspecified atom stereocenters. The van der Waals surface area contributed by atoms with E-state index >= 15 is 0 Å². The first-order valence-corrected chi connectivity index (χ1v) is 60.6. The molecule has 4 spiro atoms. The molecule has 13 saturated heterocycles. The smallest absolute Gasteiger partial charge is 0.0118 e. The highest BCUT2D eigenvalue weighted by atomic mass is 15.3. The second-order valence-electron chi connectivity index (χ2n) is 58.3. The van der Waals surface area contributed by atoms with E-state index in [4.69, 9.17) is 0 Å². The number of nitrogens with zero attached hydrogens (tertiary/aromatic N) is 10. The molecule has 0 amide bonds. The van der Waals surface area contributed by atoms with Crippen molar-refractivity contribution >= 4 is 0 Å². The quantitative estimate of drug-likeness (QED) is 0.118. The van der Waals surface area contributed by atoms with Gasteiger partial charge in [-0.15, -0.1) is 0 Å². The molecular formula is C125H242N10. The number of piperidine rings is 8. The van der Waals surface area contributed by atoms with Crippen LogP contribution in [0.5, 0.6) is 0 Å². The molecule has 8 bridgehead atoms. The third kappa shape index (κ3) is 30.7. The van der Waals surface area contributed by atoms with Crippen LogP contribution < -0.4 is 0 Å². The summed E-state index contributed by atoms with van der Waals surface area (Å²) in [5.41, 5.74) is 3.05. The van der Waals surface area contributed by atoms with Crippen LogP contribution in [0, 0.1) is 176 Å². The molecule has 9 saturated carbocycles. The van der Waals surface area contributed by atoms with Crippen molar-refractivity contribution in [1.29, 1.82) is 0 Å². The molecule has 10 nitrogen and oxygen atoms in total. The van der Waals surface area contributed by atoms with Gasteiger partial charge >= 0.3 is 0 Å². The molecule has 13 aliphatic heterocycles. The van der Waals surface area contributed by atoms with Crippen molar-refractivity contribution in [2.75, 3.05) is 105 Å². The van der Waals surface area contributed by atoms with Crippen LogP contribution in [0.15, 0.2) is 0 Å². The molecule has 0 radical (unpaired) electrons. The Balaban J connectivity index is 0.000000155. The fourth-order valence-electron chi connectivity index (χ4n) is 32.1. The van der Waals surface area contributed by atoms with E-state index in [2.05, 4.69) is 326 Å². The number of hydrogen-bond acceptors (Lipinski definition) is 10. The van der Waals surface area contributed by atoms with E-state index < -0.39 is 0 Å². The maximum absolute atomic E-state index is 2.74. The summed E-state index contributed by atoms with van der Waals surface area (Å²) in [5.74, 6) is 25.4. The molecule has 0 aromatic rings. The van der Waals surface area contributed by atoms with Gasteiger partial charge in [0.05, 0.1) is 0 Å². The molecule has 22 fully saturated rings. The van der Waals surface area contributed by atoms with E-state index in [0.717, 1.165) is 260 Å². The molecule has 0 aromatic carbocycles. The van der Waals surface area contributed by atoms with Gasteiger partial charge in [0.2, 0.25) is 0 Å². The van der Waals surface area contributed by atoms with Crippen molar-refractivity contribution in [3.05, 3.63) is 0 Å². The first-order valence-electron chi connectivity index (χ1n) is 60.6. The Morgan fingerprint density at radius 3 is 0.881 bits per heavy atom. The van der Waals surface area contributed by atoms with Gasteiger partial charge in [0, 0.05) is 157 Å². The van der Waals surface area contributed by atoms with Gasteiger partial charge in [-0.1, -0.05) is 138 Å². The van der Waals surface area contributed by atoms with Crippen LogP contribution in [0.25, 0.3) is 0 Å². The summed E-state index contributed by atoms with van der Waals surface area (Å²) in [7, 11) is 0. The lowest BCUT2D eigenvalue weighted by atomic mass is 9.55. The Hall–Kier alpha value is -0.400. The Morgan fingerprint density at radius 1 is 0.185 bits per heavy atom. The SMILES string of the molecule is CC(C)C1C2CC1CN(C(C)C)C2.CC(C)C1CC2(C1)CN(C(C)C)C2.CC(C)C1CC2(CCN(C(C)C)C2)C1.CC(C)C1CC2(CCN(C(C)C)CC2)C1.CC(C)C1CC2CC(C1)N2C(C)C.CC(C)C1CC2CC1CN2C(C)C.CC(C)C1CC2CCC1CN2C(C)C.CC(C)C1CC2CN(C(C)C)CC2C1.CC(C)C1CCC2(CCN(C(C)C)CC2)C1.CC(C)C1CN(C(C)C)C1. The molecule has 0 aromatic heterocycles. The summed E-state index contributed by atoms with van der Waals surface area (Å²) < 4.78 is 0. The minimum absolute atomic E-state index is 0.749. The Bertz CT molecular complexity index is 3090. The lowest BCUT2D eigenvalue weighted by Crippen LogP contribution is -2.64. The van der Waals surface area contributed by atoms with E-state index in [1.807, 2.05) is 0 Å². The summed E-state index contributed by atoms with van der Waals surface area (Å²) in [6.45, 7) is 116. The Labute approximate surface area is 846 Å². The van der Waals surface area contributed by atoms with Crippen LogP contribution in [-0.4, -0.2) is 238 Å². The monoisotopic (exact) mass is 1880 g/mol. The van der Waals surface area contributed by atoms with Crippen molar-refractivity contribution in [3.63, 3.8) is 0 Å². The van der Waals surface area contributed by atoms with E-state index in [0.29, 0.717) is 0 Å². The van der Waals surface area contributed by atoms with E-state index in [1.54, 1.807) is 0 Å². The van der Waals surface area contributed by atoms with Gasteiger partial charge < -0.3 is 29.4 Å². The zero-order chi connectivity index (χ0) is 99.9. The molecule has 13 heterocycles. The van der Waals surface area contributed by atoms with E-state index in [1.165, 1.54) is 265 Å². The molecule has 10 heteroatoms. The largest absolute Gasteiger partial charge is 0.301 e. The number of fused-ring (bicyclic) bond motifs is 10. The number of likely N-dealkylation sites (tertiary alicyclic amines) is 7. The molecular weight excluding hydrogens is 1640 g/mol. The average molecular weight is 1890 g/mol. The van der Waals surface area contributed by atoms with Gasteiger partial charge in [-0.2, -0.15) is 0 Å². The van der Waals surface area contributed by atoms with Gasteiger partial charge in [0.1, 0.15) is 0 Å². The topological polar surface area (TPSA) is 32.4 Å². The van der Waals surface area contributed by atoms with Gasteiger partial charge in [0.25, 0.3) is 0 Å². The minimum Gasteiger partial charge on any atom is -0.301 e. The zero-order valence-electron chi connectivity index (χ0n) is 98.6. The third-order valence-corrected chi connectivity index (χ3v) is 42.8. The summed E-state index contributed by atoms with van der Waals surface area (Å²) in [6.07, 6.45) is 37.3. The van der Waals surface area contributed by atoms with Gasteiger partial charge in [-0.3, -0.25) is 19.6 Å². The van der Waals surface area contributed by atoms with Crippen LogP contribution >= 0.6 is 0 Å². The molecule has 135 heavy (non-hydrogen) atoms. The average Bonchev–Trinajstić information content (AvgIpc) is 1.55. The zero-order valence-corrected chi connectivity index (χ0v) is 98.6. The number of hydrogen-bond donors (Lipinski definition) is 0. The van der Waals surface area contributed by atoms with Crippen molar-refractivity contribution in [3.8, 4) is 0 Å². The number of rotatable bonds is 20. The Kier molecular flexibility index (Phi) is 44.0. The van der Waals surface area contributed by atoms with Crippen LogP contribution in [0.2, 0.25) is 0 Å². The van der Waals surface area contributed by atoms with E-state index in [9.17, 15) is 0 Å². The molecule has 0 N–H and O–H groups in total. The summed E-state index contributed by atoms with van der Waals surface area (Å²) in [4.78, 5) is 26.6. The highest BCUT2D eigenvalue weighted by Crippen LogP contribution is 2.59. The normalized spacial score (nSPS) is 34.2. The lowest BCUT2D eigenvalue weighted by molar-refractivity contribution is -0.117. The lowest BCUT2D eigenvalue weighted by Gasteiger charge is -2.61. The summed E-state index contributed by atoms with van der Waals surface area (Å²) in [6, 6.07) is 11.3. The van der Waals surface area contributed by atoms with Crippen molar-refractivity contribution in [1.82, 2.24) is 49.0 Å². The first kappa shape index (κ1) is 117. The molecule has 13 atom stereocenters. The minimum atomic E-state index is 0.749. The van der Waals surface area contributed by atoms with Crippen LogP contribution in [-0.2, 0) is 0 Å². The van der Waals surface area contributed by atoms with Crippen molar-refractivity contribution in [2.24, 2.45) is 176 Å². The molecule has 22 aliphatic rings.